The van der Waals surface area contributed by atoms with Gasteiger partial charge in [-0.05, 0) is 48.7 Å². The molecule has 136 valence electrons. The second kappa shape index (κ2) is 7.01. The van der Waals surface area contributed by atoms with Crippen LogP contribution >= 0.6 is 0 Å². The quantitative estimate of drug-likeness (QED) is 0.747. The van der Waals surface area contributed by atoms with Crippen LogP contribution in [0.2, 0.25) is 0 Å². The standard InChI is InChI=1S/C19H20FN3O2S/c1-13-4-5-14(2)17(12-13)26(24,25)22-18(19-21-10-11-23(19)3)15-6-8-16(20)9-7-15/h4-12,18,22H,1-3H3. The molecule has 1 heterocycles. The molecule has 1 atom stereocenters. The Labute approximate surface area is 152 Å². The van der Waals surface area contributed by atoms with Crippen LogP contribution in [0.1, 0.15) is 28.6 Å². The third-order valence-corrected chi connectivity index (χ3v) is 5.79. The van der Waals surface area contributed by atoms with E-state index in [-0.39, 0.29) is 10.7 Å². The minimum absolute atomic E-state index is 0.221. The molecule has 0 aliphatic carbocycles. The lowest BCUT2D eigenvalue weighted by molar-refractivity contribution is 0.561. The first-order valence-corrected chi connectivity index (χ1v) is 9.58. The molecule has 3 rings (SSSR count). The zero-order valence-corrected chi connectivity index (χ0v) is 15.6. The van der Waals surface area contributed by atoms with Gasteiger partial charge in [-0.25, -0.2) is 17.8 Å². The summed E-state index contributed by atoms with van der Waals surface area (Å²) in [4.78, 5) is 4.50. The van der Waals surface area contributed by atoms with Gasteiger partial charge >= 0.3 is 0 Å². The fraction of sp³-hybridized carbons (Fsp3) is 0.211. The van der Waals surface area contributed by atoms with Gasteiger partial charge in [-0.2, -0.15) is 4.72 Å². The predicted octanol–water partition coefficient (Wildman–Crippen LogP) is 3.24. The van der Waals surface area contributed by atoms with Crippen LogP contribution < -0.4 is 4.72 Å². The molecule has 0 spiro atoms. The van der Waals surface area contributed by atoms with E-state index in [0.717, 1.165) is 5.56 Å². The lowest BCUT2D eigenvalue weighted by Crippen LogP contribution is -2.31. The highest BCUT2D eigenvalue weighted by molar-refractivity contribution is 7.89. The van der Waals surface area contributed by atoms with E-state index in [1.165, 1.54) is 12.1 Å². The van der Waals surface area contributed by atoms with E-state index < -0.39 is 16.1 Å². The summed E-state index contributed by atoms with van der Waals surface area (Å²) in [5, 5.41) is 0. The van der Waals surface area contributed by atoms with E-state index >= 15 is 0 Å². The molecule has 26 heavy (non-hydrogen) atoms. The van der Waals surface area contributed by atoms with E-state index in [1.807, 2.05) is 13.0 Å². The summed E-state index contributed by atoms with van der Waals surface area (Å²) in [6.45, 7) is 3.59. The zero-order valence-electron chi connectivity index (χ0n) is 14.8. The first kappa shape index (κ1) is 18.3. The van der Waals surface area contributed by atoms with Gasteiger partial charge in [-0.1, -0.05) is 24.3 Å². The Morgan fingerprint density at radius 1 is 1.12 bits per heavy atom. The fourth-order valence-corrected chi connectivity index (χ4v) is 4.31. The van der Waals surface area contributed by atoms with Gasteiger partial charge in [-0.15, -0.1) is 0 Å². The van der Waals surface area contributed by atoms with Gasteiger partial charge in [0.15, 0.2) is 0 Å². The van der Waals surface area contributed by atoms with Crippen molar-refractivity contribution in [1.82, 2.24) is 14.3 Å². The van der Waals surface area contributed by atoms with E-state index in [1.54, 1.807) is 55.2 Å². The van der Waals surface area contributed by atoms with Crippen molar-refractivity contribution in [3.63, 3.8) is 0 Å². The second-order valence-electron chi connectivity index (χ2n) is 6.27. The molecular weight excluding hydrogens is 353 g/mol. The molecule has 1 aromatic heterocycles. The lowest BCUT2D eigenvalue weighted by atomic mass is 10.1. The van der Waals surface area contributed by atoms with Gasteiger partial charge in [0.2, 0.25) is 10.0 Å². The summed E-state index contributed by atoms with van der Waals surface area (Å²) >= 11 is 0. The second-order valence-corrected chi connectivity index (χ2v) is 7.95. The molecular formula is C19H20FN3O2S. The van der Waals surface area contributed by atoms with E-state index in [9.17, 15) is 12.8 Å². The Morgan fingerprint density at radius 3 is 2.42 bits per heavy atom. The van der Waals surface area contributed by atoms with E-state index in [0.29, 0.717) is 17.0 Å². The molecule has 3 aromatic rings. The minimum Gasteiger partial charge on any atom is -0.336 e. The Hall–Kier alpha value is -2.51. The summed E-state index contributed by atoms with van der Waals surface area (Å²) < 4.78 is 43.9. The topological polar surface area (TPSA) is 64.0 Å². The molecule has 1 N–H and O–H groups in total. The molecule has 0 saturated carbocycles. The number of aromatic nitrogens is 2. The van der Waals surface area contributed by atoms with Gasteiger partial charge in [0.25, 0.3) is 0 Å². The number of aryl methyl sites for hydroxylation is 3. The maximum absolute atomic E-state index is 13.3. The summed E-state index contributed by atoms with van der Waals surface area (Å²) in [5.74, 6) is 0.134. The van der Waals surface area contributed by atoms with Crippen LogP contribution in [0.15, 0.2) is 59.8 Å². The van der Waals surface area contributed by atoms with Gasteiger partial charge in [0.05, 0.1) is 4.90 Å². The summed E-state index contributed by atoms with van der Waals surface area (Å²) in [7, 11) is -2.03. The number of halogens is 1. The average molecular weight is 373 g/mol. The number of nitrogens with one attached hydrogen (secondary N) is 1. The van der Waals surface area contributed by atoms with Crippen molar-refractivity contribution in [2.75, 3.05) is 0 Å². The van der Waals surface area contributed by atoms with Crippen LogP contribution in [0, 0.1) is 19.7 Å². The lowest BCUT2D eigenvalue weighted by Gasteiger charge is -2.20. The van der Waals surface area contributed by atoms with E-state index in [2.05, 4.69) is 9.71 Å². The van der Waals surface area contributed by atoms with Crippen molar-refractivity contribution in [1.29, 1.82) is 0 Å². The van der Waals surface area contributed by atoms with Gasteiger partial charge in [0.1, 0.15) is 17.7 Å². The largest absolute Gasteiger partial charge is 0.336 e. The third-order valence-electron chi connectivity index (χ3n) is 4.23. The number of rotatable bonds is 5. The Bertz CT molecular complexity index is 1030. The molecule has 0 fully saturated rings. The maximum atomic E-state index is 13.3. The monoisotopic (exact) mass is 373 g/mol. The van der Waals surface area contributed by atoms with Crippen molar-refractivity contribution in [3.8, 4) is 0 Å². The average Bonchev–Trinajstić information content (AvgIpc) is 3.01. The Morgan fingerprint density at radius 2 is 1.81 bits per heavy atom. The molecule has 0 aliphatic rings. The van der Waals surface area contributed by atoms with Gasteiger partial charge in [0, 0.05) is 19.4 Å². The first-order chi connectivity index (χ1) is 12.3. The number of sulfonamides is 1. The summed E-state index contributed by atoms with van der Waals surface area (Å²) in [6.07, 6.45) is 3.33. The Balaban J connectivity index is 2.07. The number of hydrogen-bond donors (Lipinski definition) is 1. The minimum atomic E-state index is -3.81. The maximum Gasteiger partial charge on any atom is 0.241 e. The highest BCUT2D eigenvalue weighted by Crippen LogP contribution is 2.25. The highest BCUT2D eigenvalue weighted by Gasteiger charge is 2.26. The molecule has 2 aromatic carbocycles. The zero-order chi connectivity index (χ0) is 18.9. The summed E-state index contributed by atoms with van der Waals surface area (Å²) in [6, 6.07) is 10.3. The molecule has 1 unspecified atom stereocenters. The highest BCUT2D eigenvalue weighted by atomic mass is 32.2. The van der Waals surface area contributed by atoms with Crippen molar-refractivity contribution in [2.24, 2.45) is 7.05 Å². The molecule has 0 bridgehead atoms. The van der Waals surface area contributed by atoms with Crippen LogP contribution in [-0.2, 0) is 17.1 Å². The van der Waals surface area contributed by atoms with Crippen LogP contribution in [0.25, 0.3) is 0 Å². The van der Waals surface area contributed by atoms with Crippen molar-refractivity contribution in [3.05, 3.63) is 83.2 Å². The SMILES string of the molecule is Cc1ccc(C)c(S(=O)(=O)NC(c2ccc(F)cc2)c2nccn2C)c1. The fourth-order valence-electron chi connectivity index (χ4n) is 2.80. The van der Waals surface area contributed by atoms with Gasteiger partial charge < -0.3 is 4.57 Å². The van der Waals surface area contributed by atoms with Crippen molar-refractivity contribution < 1.29 is 12.8 Å². The Kier molecular flexibility index (Phi) is 4.93. The van der Waals surface area contributed by atoms with E-state index in [4.69, 9.17) is 0 Å². The molecule has 7 heteroatoms. The third kappa shape index (κ3) is 3.68. The van der Waals surface area contributed by atoms with Crippen LogP contribution in [-0.4, -0.2) is 18.0 Å². The van der Waals surface area contributed by atoms with Crippen LogP contribution in [0.5, 0.6) is 0 Å². The molecule has 5 nitrogen and oxygen atoms in total. The number of imidazole rings is 1. The first-order valence-electron chi connectivity index (χ1n) is 8.10. The van der Waals surface area contributed by atoms with Crippen molar-refractivity contribution in [2.45, 2.75) is 24.8 Å². The van der Waals surface area contributed by atoms with Crippen molar-refractivity contribution >= 4 is 10.0 Å². The normalized spacial score (nSPS) is 12.9. The van der Waals surface area contributed by atoms with Crippen LogP contribution in [0.3, 0.4) is 0 Å². The number of hydrogen-bond acceptors (Lipinski definition) is 3. The smallest absolute Gasteiger partial charge is 0.241 e. The molecule has 0 amide bonds. The predicted molar refractivity (Wildman–Crippen MR) is 97.7 cm³/mol. The van der Waals surface area contributed by atoms with Gasteiger partial charge in [-0.3, -0.25) is 0 Å². The molecule has 0 aliphatic heterocycles. The molecule has 0 saturated heterocycles. The molecule has 0 radical (unpaired) electrons. The number of benzene rings is 2. The summed E-state index contributed by atoms with van der Waals surface area (Å²) in [5.41, 5.74) is 2.11. The number of nitrogens with zero attached hydrogens (tertiary/aromatic N) is 2. The van der Waals surface area contributed by atoms with Crippen LogP contribution in [0.4, 0.5) is 4.39 Å².